The Morgan fingerprint density at radius 3 is 1.98 bits per heavy atom. The van der Waals surface area contributed by atoms with Crippen molar-refractivity contribution in [2.45, 2.75) is 0 Å². The number of nitrogens with zero attached hydrogens (tertiary/aromatic N) is 3. The van der Waals surface area contributed by atoms with Gasteiger partial charge in [0.05, 0.1) is 12.3 Å². The molecule has 0 saturated heterocycles. The number of aromatic nitrogens is 3. The molecule has 0 atom stereocenters. The fourth-order valence-corrected chi connectivity index (χ4v) is 7.09. The van der Waals surface area contributed by atoms with Gasteiger partial charge in [-0.15, -0.1) is 11.3 Å². The van der Waals surface area contributed by atoms with Crippen molar-refractivity contribution < 1.29 is 17.1 Å². The molecular weight excluding hydrogens is 607 g/mol. The lowest BCUT2D eigenvalue weighted by Gasteiger charge is -2.14. The molecule has 2 aromatic heterocycles. The molecule has 0 saturated carbocycles. The van der Waals surface area contributed by atoms with E-state index in [1.165, 1.54) is 6.07 Å². The Hall–Kier alpha value is -6.17. The number of hydrogen-bond donors (Lipinski definition) is 0. The number of benzene rings is 7. The molecule has 0 fully saturated rings. The van der Waals surface area contributed by atoms with Crippen LogP contribution in [-0.2, 0) is 0 Å². The first-order valence-electron chi connectivity index (χ1n) is 19.6. The van der Waals surface area contributed by atoms with E-state index in [1.54, 1.807) is 11.3 Å². The molecule has 0 bridgehead atoms. The van der Waals surface area contributed by atoms with Gasteiger partial charge in [-0.2, -0.15) is 0 Å². The Kier molecular flexibility index (Phi) is 4.99. The third-order valence-electron chi connectivity index (χ3n) is 8.02. The number of fused-ring (bicyclic) bond motifs is 4. The van der Waals surface area contributed by atoms with Crippen molar-refractivity contribution in [3.8, 4) is 56.8 Å². The maximum atomic E-state index is 9.36. The highest BCUT2D eigenvalue weighted by atomic mass is 32.1. The van der Waals surface area contributed by atoms with E-state index in [2.05, 4.69) is 24.3 Å². The maximum absolute atomic E-state index is 9.36. The third kappa shape index (κ3) is 4.98. The zero-order valence-electron chi connectivity index (χ0n) is 34.1. The number of thiophene rings is 1. The summed E-state index contributed by atoms with van der Waals surface area (Å²) in [6.45, 7) is 0. The maximum Gasteiger partial charge on any atom is 0.165 e. The molecule has 9 aromatic rings. The molecule has 0 aliphatic heterocycles. The van der Waals surface area contributed by atoms with E-state index in [9.17, 15) is 1.37 Å². The van der Waals surface area contributed by atoms with Crippen LogP contribution in [0.1, 0.15) is 12.3 Å². The summed E-state index contributed by atoms with van der Waals surface area (Å²) in [7, 11) is 0. The van der Waals surface area contributed by atoms with Crippen LogP contribution in [0, 0.1) is 0 Å². The Labute approximate surface area is 294 Å². The standard InChI is InChI=1S/C43H27N3OS/c1-4-14-28(15-5-1)31-24-25-36(40-39(31)35-22-12-13-23-38(35)48-40)43-45-41(29-16-6-2-7-17-29)44-42(46-43)34-26-27-37(33-21-11-10-20-32(33)34)47-30-18-8-3-9-19-30/h1-27H/i3D,8D,9D,10D,11D,18D,20D,21D,26D. The summed E-state index contributed by atoms with van der Waals surface area (Å²) >= 11 is 1.61. The molecule has 0 amide bonds. The highest BCUT2D eigenvalue weighted by Gasteiger charge is 2.20. The van der Waals surface area contributed by atoms with Gasteiger partial charge in [0.15, 0.2) is 17.5 Å². The average Bonchev–Trinajstić information content (AvgIpc) is 3.63. The van der Waals surface area contributed by atoms with Crippen LogP contribution in [0.15, 0.2) is 164 Å². The van der Waals surface area contributed by atoms with E-state index in [-0.39, 0.29) is 51.6 Å². The topological polar surface area (TPSA) is 47.9 Å². The minimum atomic E-state index is -0.553. The molecule has 0 radical (unpaired) electrons. The molecule has 9 rings (SSSR count). The summed E-state index contributed by atoms with van der Waals surface area (Å²) in [5.41, 5.74) is 3.47. The molecule has 5 heteroatoms. The van der Waals surface area contributed by atoms with Crippen LogP contribution < -0.4 is 4.74 Å². The lowest BCUT2D eigenvalue weighted by Crippen LogP contribution is -2.01. The van der Waals surface area contributed by atoms with Gasteiger partial charge in [-0.1, -0.05) is 127 Å². The third-order valence-corrected chi connectivity index (χ3v) is 9.22. The molecule has 7 aromatic carbocycles. The van der Waals surface area contributed by atoms with Crippen molar-refractivity contribution in [2.75, 3.05) is 0 Å². The molecule has 0 aliphatic carbocycles. The molecule has 226 valence electrons. The highest BCUT2D eigenvalue weighted by Crippen LogP contribution is 2.45. The zero-order valence-corrected chi connectivity index (χ0v) is 25.9. The van der Waals surface area contributed by atoms with Crippen molar-refractivity contribution in [3.63, 3.8) is 0 Å². The second-order valence-electron chi connectivity index (χ2n) is 10.9. The first kappa shape index (κ1) is 20.1. The fourth-order valence-electron chi connectivity index (χ4n) is 5.85. The predicted octanol–water partition coefficient (Wildman–Crippen LogP) is 11.9. The van der Waals surface area contributed by atoms with Gasteiger partial charge in [0.1, 0.15) is 11.5 Å². The number of rotatable bonds is 6. The van der Waals surface area contributed by atoms with Gasteiger partial charge < -0.3 is 4.74 Å². The van der Waals surface area contributed by atoms with Crippen molar-refractivity contribution in [1.29, 1.82) is 0 Å². The summed E-state index contributed by atoms with van der Waals surface area (Å²) in [6, 6.07) is 29.8. The normalized spacial score (nSPS) is 14.0. The monoisotopic (exact) mass is 642 g/mol. The molecule has 48 heavy (non-hydrogen) atoms. The van der Waals surface area contributed by atoms with Gasteiger partial charge in [0.25, 0.3) is 0 Å². The van der Waals surface area contributed by atoms with E-state index in [4.69, 9.17) is 30.7 Å². The molecule has 0 unspecified atom stereocenters. The van der Waals surface area contributed by atoms with Gasteiger partial charge in [-0.05, 0) is 52.9 Å². The fraction of sp³-hybridized carbons (Fsp3) is 0. The van der Waals surface area contributed by atoms with E-state index < -0.39 is 42.3 Å². The first-order chi connectivity index (χ1) is 27.5. The van der Waals surface area contributed by atoms with E-state index >= 15 is 0 Å². The lowest BCUT2D eigenvalue weighted by atomic mass is 9.97. The summed E-state index contributed by atoms with van der Waals surface area (Å²) in [6.07, 6.45) is 0. The van der Waals surface area contributed by atoms with Crippen LogP contribution in [0.3, 0.4) is 0 Å². The van der Waals surface area contributed by atoms with E-state index in [0.29, 0.717) is 17.0 Å². The Morgan fingerprint density at radius 2 is 1.15 bits per heavy atom. The van der Waals surface area contributed by atoms with Crippen LogP contribution in [0.5, 0.6) is 11.5 Å². The molecule has 0 N–H and O–H groups in total. The molecule has 2 heterocycles. The average molecular weight is 643 g/mol. The molecular formula is C43H27N3OS. The van der Waals surface area contributed by atoms with Gasteiger partial charge in [0.2, 0.25) is 0 Å². The summed E-state index contributed by atoms with van der Waals surface area (Å²) in [5, 5.41) is 1.91. The predicted molar refractivity (Wildman–Crippen MR) is 198 cm³/mol. The van der Waals surface area contributed by atoms with Crippen LogP contribution in [-0.4, -0.2) is 15.0 Å². The van der Waals surface area contributed by atoms with Gasteiger partial charge in [-0.25, -0.2) is 15.0 Å². The van der Waals surface area contributed by atoms with Crippen LogP contribution in [0.2, 0.25) is 0 Å². The van der Waals surface area contributed by atoms with E-state index in [0.717, 1.165) is 37.4 Å². The van der Waals surface area contributed by atoms with Crippen molar-refractivity contribution in [1.82, 2.24) is 15.0 Å². The number of hydrogen-bond acceptors (Lipinski definition) is 5. The highest BCUT2D eigenvalue weighted by molar-refractivity contribution is 7.26. The number of para-hydroxylation sites is 1. The Balaban J connectivity index is 1.34. The van der Waals surface area contributed by atoms with Gasteiger partial charge in [0, 0.05) is 42.2 Å². The smallest absolute Gasteiger partial charge is 0.165 e. The van der Waals surface area contributed by atoms with Gasteiger partial charge >= 0.3 is 0 Å². The quantitative estimate of drug-likeness (QED) is 0.181. The SMILES string of the molecule is [2H]c1cc(Oc2cc([2H])c(-c3nc(-c4ccccc4)nc(-c4ccc(-c5ccccc5)c5c4sc4ccccc45)n3)c3c([2H])c([2H])c([2H])c([2H])c23)c([2H])c([2H])c1[2H]. The minimum absolute atomic E-state index is 0.00606. The summed E-state index contributed by atoms with van der Waals surface area (Å²) in [5.74, 6) is 0.0993. The molecule has 0 aliphatic rings. The Bertz CT molecular complexity index is 3110. The lowest BCUT2D eigenvalue weighted by molar-refractivity contribution is 0.488. The van der Waals surface area contributed by atoms with Crippen LogP contribution >= 0.6 is 11.3 Å². The van der Waals surface area contributed by atoms with Crippen LogP contribution in [0.4, 0.5) is 0 Å². The largest absolute Gasteiger partial charge is 0.457 e. The van der Waals surface area contributed by atoms with Gasteiger partial charge in [-0.3, -0.25) is 0 Å². The van der Waals surface area contributed by atoms with Crippen molar-refractivity contribution >= 4 is 42.3 Å². The minimum Gasteiger partial charge on any atom is -0.457 e. The zero-order chi connectivity index (χ0) is 39.7. The van der Waals surface area contributed by atoms with E-state index in [1.807, 2.05) is 72.8 Å². The second kappa shape index (κ2) is 11.9. The second-order valence-corrected chi connectivity index (χ2v) is 12.0. The number of ether oxygens (including phenoxy) is 1. The summed E-state index contributed by atoms with van der Waals surface area (Å²) in [4.78, 5) is 14.8. The molecule has 0 spiro atoms. The van der Waals surface area contributed by atoms with Crippen LogP contribution in [0.25, 0.3) is 76.2 Å². The first-order valence-corrected chi connectivity index (χ1v) is 15.9. The molecule has 4 nitrogen and oxygen atoms in total. The summed E-state index contributed by atoms with van der Waals surface area (Å²) < 4.78 is 85.3. The van der Waals surface area contributed by atoms with Crippen molar-refractivity contribution in [3.05, 3.63) is 164 Å². The Morgan fingerprint density at radius 1 is 0.479 bits per heavy atom. The van der Waals surface area contributed by atoms with Crippen molar-refractivity contribution in [2.24, 2.45) is 0 Å².